The highest BCUT2D eigenvalue weighted by molar-refractivity contribution is 7.90. The number of benzene rings is 3. The third-order valence-corrected chi connectivity index (χ3v) is 8.39. The van der Waals surface area contributed by atoms with E-state index in [1.165, 1.54) is 22.2 Å². The number of carbonyl (C=O) groups excluding carboxylic acids is 1. The van der Waals surface area contributed by atoms with Crippen molar-refractivity contribution in [3.05, 3.63) is 113 Å². The van der Waals surface area contributed by atoms with Crippen molar-refractivity contribution in [3.63, 3.8) is 0 Å². The van der Waals surface area contributed by atoms with E-state index in [4.69, 9.17) is 17.3 Å². The Morgan fingerprint density at radius 3 is 2.35 bits per heavy atom. The van der Waals surface area contributed by atoms with E-state index in [-0.39, 0.29) is 12.2 Å². The number of nitrogens with zero attached hydrogens (tertiary/aromatic N) is 1. The average molecular weight is 541 g/mol. The van der Waals surface area contributed by atoms with Crippen LogP contribution in [0.4, 0.5) is 9.18 Å². The Hall–Kier alpha value is -3.62. The van der Waals surface area contributed by atoms with Gasteiger partial charge in [-0.05, 0) is 59.0 Å². The van der Waals surface area contributed by atoms with Gasteiger partial charge in [0.1, 0.15) is 5.25 Å². The molecule has 0 aliphatic carbocycles. The number of rotatable bonds is 8. The molecule has 0 aliphatic heterocycles. The van der Waals surface area contributed by atoms with Crippen molar-refractivity contribution in [1.82, 2.24) is 3.97 Å². The molecular formula is C28H26ClFN2O4S. The van der Waals surface area contributed by atoms with Gasteiger partial charge in [-0.3, -0.25) is 0 Å². The molecule has 1 atom stereocenters. The van der Waals surface area contributed by atoms with Crippen LogP contribution in [0.25, 0.3) is 10.9 Å². The smallest absolute Gasteiger partial charge is 0.407 e. The summed E-state index contributed by atoms with van der Waals surface area (Å²) < 4.78 is 48.6. The van der Waals surface area contributed by atoms with Gasteiger partial charge >= 0.3 is 6.09 Å². The molecule has 0 saturated heterocycles. The van der Waals surface area contributed by atoms with Crippen molar-refractivity contribution in [3.8, 4) is 5.75 Å². The van der Waals surface area contributed by atoms with Gasteiger partial charge in [-0.25, -0.2) is 21.6 Å². The molecule has 0 radical (unpaired) electrons. The number of aromatic nitrogens is 1. The molecule has 1 amide bonds. The molecule has 9 heteroatoms. The summed E-state index contributed by atoms with van der Waals surface area (Å²) in [7, 11) is -4.04. The van der Waals surface area contributed by atoms with E-state index in [2.05, 4.69) is 25.2 Å². The molecule has 1 aromatic heterocycles. The monoisotopic (exact) mass is 540 g/mol. The number of hydrogen-bond acceptors (Lipinski definition) is 4. The first-order valence-electron chi connectivity index (χ1n) is 11.5. The van der Waals surface area contributed by atoms with Crippen molar-refractivity contribution in [2.75, 3.05) is 0 Å². The number of amides is 1. The fourth-order valence-electron chi connectivity index (χ4n) is 4.31. The highest BCUT2D eigenvalue weighted by atomic mass is 35.5. The lowest BCUT2D eigenvalue weighted by atomic mass is 10.0. The average Bonchev–Trinajstić information content (AvgIpc) is 3.18. The van der Waals surface area contributed by atoms with E-state index in [9.17, 15) is 17.6 Å². The summed E-state index contributed by atoms with van der Waals surface area (Å²) >= 11 is 6.18. The maximum Gasteiger partial charge on any atom is 0.410 e. The van der Waals surface area contributed by atoms with Crippen LogP contribution in [0.2, 0.25) is 5.02 Å². The largest absolute Gasteiger partial charge is 0.410 e. The summed E-state index contributed by atoms with van der Waals surface area (Å²) in [4.78, 5) is 11.0. The van der Waals surface area contributed by atoms with Crippen LogP contribution in [-0.2, 0) is 16.4 Å². The summed E-state index contributed by atoms with van der Waals surface area (Å²) in [6.45, 7) is 7.94. The first-order valence-corrected chi connectivity index (χ1v) is 13.4. The molecule has 0 aliphatic rings. The van der Waals surface area contributed by atoms with Crippen LogP contribution < -0.4 is 10.5 Å². The lowest BCUT2D eigenvalue weighted by Gasteiger charge is -2.19. The van der Waals surface area contributed by atoms with Gasteiger partial charge in [-0.1, -0.05) is 61.9 Å². The fourth-order valence-corrected chi connectivity index (χ4v) is 6.35. The fraction of sp³-hybridized carbons (Fsp3) is 0.179. The Balaban J connectivity index is 1.82. The second-order valence-electron chi connectivity index (χ2n) is 8.99. The third kappa shape index (κ3) is 5.40. The van der Waals surface area contributed by atoms with Crippen LogP contribution in [0.3, 0.4) is 0 Å². The predicted molar refractivity (Wildman–Crippen MR) is 144 cm³/mol. The van der Waals surface area contributed by atoms with Crippen molar-refractivity contribution < 1.29 is 22.3 Å². The Kier molecular flexibility index (Phi) is 7.43. The molecule has 3 aromatic carbocycles. The zero-order valence-electron chi connectivity index (χ0n) is 20.3. The molecule has 4 aromatic rings. The van der Waals surface area contributed by atoms with E-state index < -0.39 is 27.2 Å². The van der Waals surface area contributed by atoms with E-state index in [0.717, 1.165) is 5.56 Å². The summed E-state index contributed by atoms with van der Waals surface area (Å²) in [6, 6.07) is 18.1. The highest BCUT2D eigenvalue weighted by Gasteiger charge is 2.30. The quantitative estimate of drug-likeness (QED) is 0.251. The van der Waals surface area contributed by atoms with E-state index in [1.54, 1.807) is 42.5 Å². The van der Waals surface area contributed by atoms with Crippen LogP contribution in [0.5, 0.6) is 5.75 Å². The number of primary amides is 1. The van der Waals surface area contributed by atoms with Gasteiger partial charge in [0.2, 0.25) is 10.0 Å². The minimum Gasteiger partial charge on any atom is -0.407 e. The van der Waals surface area contributed by atoms with Crippen LogP contribution in [-0.4, -0.2) is 18.5 Å². The number of ether oxygens (including phenoxy) is 1. The molecule has 4 rings (SSSR count). The van der Waals surface area contributed by atoms with E-state index in [1.807, 2.05) is 12.1 Å². The normalized spacial score (nSPS) is 12.6. The second kappa shape index (κ2) is 10.4. The number of halogens is 2. The molecule has 37 heavy (non-hydrogen) atoms. The van der Waals surface area contributed by atoms with Gasteiger partial charge < -0.3 is 10.5 Å². The number of hydrogen-bond donors (Lipinski definition) is 1. The third-order valence-electron chi connectivity index (χ3n) is 6.10. The van der Waals surface area contributed by atoms with Crippen LogP contribution >= 0.6 is 11.6 Å². The molecule has 0 fully saturated rings. The van der Waals surface area contributed by atoms with E-state index >= 15 is 0 Å². The van der Waals surface area contributed by atoms with Gasteiger partial charge in [0, 0.05) is 22.5 Å². The Labute approximate surface area is 220 Å². The van der Waals surface area contributed by atoms with Crippen molar-refractivity contribution >= 4 is 38.6 Å². The first kappa shape index (κ1) is 26.4. The van der Waals surface area contributed by atoms with Crippen LogP contribution in [0.1, 0.15) is 47.4 Å². The van der Waals surface area contributed by atoms with E-state index in [0.29, 0.717) is 38.7 Å². The molecule has 2 N–H and O–H groups in total. The minimum absolute atomic E-state index is 0.0788. The molecule has 0 saturated carbocycles. The van der Waals surface area contributed by atoms with Gasteiger partial charge in [-0.2, -0.15) is 0 Å². The zero-order valence-corrected chi connectivity index (χ0v) is 21.9. The summed E-state index contributed by atoms with van der Waals surface area (Å²) in [5.74, 6) is -0.801. The minimum atomic E-state index is -4.04. The number of fused-ring (bicyclic) bond motifs is 1. The lowest BCUT2D eigenvalue weighted by molar-refractivity contribution is 0.208. The number of nitrogens with two attached hydrogens (primary N) is 1. The summed E-state index contributed by atoms with van der Waals surface area (Å²) in [6.07, 6.45) is 0.350. The molecular weight excluding hydrogens is 515 g/mol. The lowest BCUT2D eigenvalue weighted by Crippen LogP contribution is -2.22. The summed E-state index contributed by atoms with van der Waals surface area (Å²) in [5.41, 5.74) is 7.97. The second-order valence-corrected chi connectivity index (χ2v) is 11.3. The highest BCUT2D eigenvalue weighted by Crippen LogP contribution is 2.34. The molecule has 0 bridgehead atoms. The molecule has 1 heterocycles. The maximum atomic E-state index is 14.5. The SMILES string of the molecule is C=CC(c1ccc(C(C)C)cc1)S(=O)(=O)n1c(Cc2ccc(OC(N)=O)c(F)c2)cc2cc(Cl)ccc21. The maximum absolute atomic E-state index is 14.5. The van der Waals surface area contributed by atoms with Crippen molar-refractivity contribution in [2.45, 2.75) is 31.4 Å². The van der Waals surface area contributed by atoms with Gasteiger partial charge in [-0.15, -0.1) is 6.58 Å². The topological polar surface area (TPSA) is 91.4 Å². The van der Waals surface area contributed by atoms with Gasteiger partial charge in [0.05, 0.1) is 5.52 Å². The molecule has 6 nitrogen and oxygen atoms in total. The van der Waals surface area contributed by atoms with Gasteiger partial charge in [0.25, 0.3) is 0 Å². The van der Waals surface area contributed by atoms with Crippen LogP contribution in [0.15, 0.2) is 79.4 Å². The van der Waals surface area contributed by atoms with Crippen molar-refractivity contribution in [1.29, 1.82) is 0 Å². The first-order chi connectivity index (χ1) is 17.5. The molecule has 0 spiro atoms. The van der Waals surface area contributed by atoms with Gasteiger partial charge in [0.15, 0.2) is 11.6 Å². The van der Waals surface area contributed by atoms with Crippen LogP contribution in [0, 0.1) is 5.82 Å². The predicted octanol–water partition coefficient (Wildman–Crippen LogP) is 6.71. The zero-order chi connectivity index (χ0) is 26.9. The Morgan fingerprint density at radius 2 is 1.76 bits per heavy atom. The molecule has 192 valence electrons. The summed E-state index contributed by atoms with van der Waals surface area (Å²) in [5, 5.41) is 0.0529. The molecule has 1 unspecified atom stereocenters. The Morgan fingerprint density at radius 1 is 1.08 bits per heavy atom. The standard InChI is InChI=1S/C28H26ClFN2O4S/c1-4-27(20-8-6-19(7-9-20)17(2)3)37(34,35)32-23(16-21-15-22(29)10-11-25(21)32)13-18-5-12-26(24(30)14-18)36-28(31)33/h4-12,14-17,27H,1,13H2,2-3H3,(H2,31,33). The number of carbonyl (C=O) groups is 1. The van der Waals surface area contributed by atoms with Crippen molar-refractivity contribution in [2.24, 2.45) is 5.73 Å². The Bertz CT molecular complexity index is 1590.